The molecular formula is C32H35N3O3S. The van der Waals surface area contributed by atoms with Gasteiger partial charge in [-0.3, -0.25) is 9.59 Å². The predicted molar refractivity (Wildman–Crippen MR) is 159 cm³/mol. The molecule has 1 aliphatic rings. The fourth-order valence-electron chi connectivity index (χ4n) is 5.46. The monoisotopic (exact) mass is 541 g/mol. The van der Waals surface area contributed by atoms with Crippen LogP contribution in [0, 0.1) is 11.3 Å². The minimum Gasteiger partial charge on any atom is -0.494 e. The van der Waals surface area contributed by atoms with Crippen molar-refractivity contribution in [2.75, 3.05) is 11.9 Å². The molecular weight excluding hydrogens is 506 g/mol. The largest absolute Gasteiger partial charge is 0.494 e. The molecule has 0 fully saturated rings. The number of hydrogen-bond acceptors (Lipinski definition) is 5. The van der Waals surface area contributed by atoms with E-state index in [-0.39, 0.29) is 11.3 Å². The molecule has 0 spiro atoms. The summed E-state index contributed by atoms with van der Waals surface area (Å²) in [5.41, 5.74) is 10.3. The van der Waals surface area contributed by atoms with Gasteiger partial charge in [0.2, 0.25) is 0 Å². The van der Waals surface area contributed by atoms with E-state index in [4.69, 9.17) is 15.5 Å². The van der Waals surface area contributed by atoms with Crippen molar-refractivity contribution in [3.63, 3.8) is 0 Å². The van der Waals surface area contributed by atoms with E-state index in [9.17, 15) is 9.59 Å². The Morgan fingerprint density at radius 3 is 2.56 bits per heavy atom. The van der Waals surface area contributed by atoms with Gasteiger partial charge in [-0.2, -0.15) is 0 Å². The zero-order chi connectivity index (χ0) is 27.7. The summed E-state index contributed by atoms with van der Waals surface area (Å²) in [5, 5.41) is 4.35. The van der Waals surface area contributed by atoms with Crippen LogP contribution in [0.25, 0.3) is 22.2 Å². The van der Waals surface area contributed by atoms with Gasteiger partial charge < -0.3 is 15.8 Å². The summed E-state index contributed by atoms with van der Waals surface area (Å²) in [6.07, 6.45) is 3.81. The first-order valence-electron chi connectivity index (χ1n) is 13.6. The highest BCUT2D eigenvalue weighted by Crippen LogP contribution is 2.45. The third kappa shape index (κ3) is 5.28. The van der Waals surface area contributed by atoms with E-state index >= 15 is 0 Å². The number of carbonyl (C=O) groups excluding carboxylic acids is 2. The normalized spacial score (nSPS) is 15.1. The second kappa shape index (κ2) is 10.8. The second-order valence-corrected chi connectivity index (χ2v) is 11.9. The average Bonchev–Trinajstić information content (AvgIpc) is 3.30. The topological polar surface area (TPSA) is 94.3 Å². The Hall–Kier alpha value is -3.71. The van der Waals surface area contributed by atoms with Crippen LogP contribution >= 0.6 is 11.3 Å². The van der Waals surface area contributed by atoms with Crippen molar-refractivity contribution < 1.29 is 14.3 Å². The number of amides is 2. The first kappa shape index (κ1) is 26.9. The number of anilines is 1. The number of nitrogens with two attached hydrogens (primary N) is 1. The number of fused-ring (bicyclic) bond motifs is 2. The molecule has 0 bridgehead atoms. The van der Waals surface area contributed by atoms with E-state index in [0.717, 1.165) is 58.3 Å². The predicted octanol–water partition coefficient (Wildman–Crippen LogP) is 7.25. The molecule has 3 N–H and O–H groups in total. The Morgan fingerprint density at radius 2 is 1.87 bits per heavy atom. The van der Waals surface area contributed by atoms with Crippen molar-refractivity contribution in [3.05, 3.63) is 76.2 Å². The Balaban J connectivity index is 1.51. The highest BCUT2D eigenvalue weighted by Gasteiger charge is 2.35. The molecule has 7 heteroatoms. The number of nitrogens with zero attached hydrogens (tertiary/aromatic N) is 1. The molecule has 1 aliphatic carbocycles. The standard InChI is InChI=1S/C32H35N3O3S/c1-5-32(3,4)20-13-16-23-27(17-20)39-31(28(23)29(33)36)35-30(37)24-18-26(34-25-10-8-7-9-22(24)25)19-11-14-21(15-12-19)38-6-2/h7-12,14-15,18,20H,5-6,13,16-17H2,1-4H3,(H2,33,36)(H,35,37). The zero-order valence-corrected chi connectivity index (χ0v) is 23.8. The number of para-hydroxylation sites is 1. The van der Waals surface area contributed by atoms with E-state index in [2.05, 4.69) is 26.1 Å². The van der Waals surface area contributed by atoms with E-state index in [1.165, 1.54) is 11.3 Å². The molecule has 2 heterocycles. The molecule has 5 rings (SSSR count). The number of rotatable bonds is 8. The van der Waals surface area contributed by atoms with Gasteiger partial charge in [0.15, 0.2) is 0 Å². The van der Waals surface area contributed by atoms with E-state index < -0.39 is 5.91 Å². The molecule has 0 saturated heterocycles. The highest BCUT2D eigenvalue weighted by molar-refractivity contribution is 7.17. The lowest BCUT2D eigenvalue weighted by Gasteiger charge is -2.36. The Morgan fingerprint density at radius 1 is 1.13 bits per heavy atom. The number of ether oxygens (including phenoxy) is 1. The van der Waals surface area contributed by atoms with Gasteiger partial charge in [0.25, 0.3) is 11.8 Å². The van der Waals surface area contributed by atoms with Crippen LogP contribution in [-0.4, -0.2) is 23.4 Å². The summed E-state index contributed by atoms with van der Waals surface area (Å²) < 4.78 is 5.57. The Bertz CT molecular complexity index is 1540. The van der Waals surface area contributed by atoms with Gasteiger partial charge in [-0.1, -0.05) is 45.4 Å². The lowest BCUT2D eigenvalue weighted by Crippen LogP contribution is -2.29. The lowest BCUT2D eigenvalue weighted by molar-refractivity contribution is 0.0999. The number of aromatic nitrogens is 1. The Labute approximate surface area is 233 Å². The van der Waals surface area contributed by atoms with Gasteiger partial charge in [0.05, 0.1) is 28.9 Å². The lowest BCUT2D eigenvalue weighted by atomic mass is 9.69. The number of thiophene rings is 1. The number of nitrogens with one attached hydrogen (secondary N) is 1. The molecule has 202 valence electrons. The number of hydrogen-bond donors (Lipinski definition) is 2. The molecule has 2 aromatic heterocycles. The van der Waals surface area contributed by atoms with Gasteiger partial charge in [0.1, 0.15) is 10.8 Å². The minimum absolute atomic E-state index is 0.213. The smallest absolute Gasteiger partial charge is 0.257 e. The van der Waals surface area contributed by atoms with Gasteiger partial charge in [-0.15, -0.1) is 11.3 Å². The summed E-state index contributed by atoms with van der Waals surface area (Å²) in [7, 11) is 0. The van der Waals surface area contributed by atoms with E-state index in [0.29, 0.717) is 34.3 Å². The van der Waals surface area contributed by atoms with E-state index in [1.807, 2.05) is 61.5 Å². The third-order valence-corrected chi connectivity index (χ3v) is 9.35. The van der Waals surface area contributed by atoms with Crippen molar-refractivity contribution in [2.45, 2.75) is 53.4 Å². The number of primary amides is 1. The van der Waals surface area contributed by atoms with Crippen molar-refractivity contribution >= 4 is 39.1 Å². The van der Waals surface area contributed by atoms with Crippen LogP contribution in [0.3, 0.4) is 0 Å². The second-order valence-electron chi connectivity index (χ2n) is 10.8. The molecule has 2 amide bonds. The molecule has 2 aromatic carbocycles. The minimum atomic E-state index is -0.495. The fraction of sp³-hybridized carbons (Fsp3) is 0.344. The number of pyridine rings is 1. The molecule has 0 radical (unpaired) electrons. The zero-order valence-electron chi connectivity index (χ0n) is 23.0. The molecule has 6 nitrogen and oxygen atoms in total. The third-order valence-electron chi connectivity index (χ3n) is 8.18. The van der Waals surface area contributed by atoms with Crippen molar-refractivity contribution in [1.82, 2.24) is 4.98 Å². The fourth-order valence-corrected chi connectivity index (χ4v) is 6.79. The SMILES string of the molecule is CCOc1ccc(-c2cc(C(=O)Nc3sc4c(c3C(N)=O)CCC(C(C)(C)CC)C4)c3ccccc3n2)cc1. The van der Waals surface area contributed by atoms with Crippen LogP contribution in [0.4, 0.5) is 5.00 Å². The molecule has 1 atom stereocenters. The maximum Gasteiger partial charge on any atom is 0.257 e. The Kier molecular flexibility index (Phi) is 7.45. The summed E-state index contributed by atoms with van der Waals surface area (Å²) in [6.45, 7) is 9.38. The van der Waals surface area contributed by atoms with Crippen molar-refractivity contribution in [1.29, 1.82) is 0 Å². The quantitative estimate of drug-likeness (QED) is 0.246. The van der Waals surface area contributed by atoms with Gasteiger partial charge >= 0.3 is 0 Å². The summed E-state index contributed by atoms with van der Waals surface area (Å²) in [5.74, 6) is 0.530. The van der Waals surface area contributed by atoms with Crippen LogP contribution in [0.1, 0.15) is 71.7 Å². The molecule has 4 aromatic rings. The van der Waals surface area contributed by atoms with E-state index in [1.54, 1.807) is 0 Å². The van der Waals surface area contributed by atoms with Gasteiger partial charge in [-0.25, -0.2) is 4.98 Å². The van der Waals surface area contributed by atoms with Crippen LogP contribution in [0.5, 0.6) is 5.75 Å². The van der Waals surface area contributed by atoms with Crippen molar-refractivity contribution in [3.8, 4) is 17.0 Å². The van der Waals surface area contributed by atoms with Crippen LogP contribution < -0.4 is 15.8 Å². The van der Waals surface area contributed by atoms with Crippen molar-refractivity contribution in [2.24, 2.45) is 17.1 Å². The first-order chi connectivity index (χ1) is 18.7. The molecule has 0 saturated carbocycles. The van der Waals surface area contributed by atoms with Crippen LogP contribution in [0.15, 0.2) is 54.6 Å². The average molecular weight is 542 g/mol. The van der Waals surface area contributed by atoms with Gasteiger partial charge in [0, 0.05) is 15.8 Å². The number of carbonyl (C=O) groups is 2. The highest BCUT2D eigenvalue weighted by atomic mass is 32.1. The molecule has 39 heavy (non-hydrogen) atoms. The van der Waals surface area contributed by atoms with Crippen LogP contribution in [-0.2, 0) is 12.8 Å². The number of benzene rings is 2. The maximum absolute atomic E-state index is 13.8. The molecule has 1 unspecified atom stereocenters. The maximum atomic E-state index is 13.8. The summed E-state index contributed by atoms with van der Waals surface area (Å²) in [6, 6.07) is 17.1. The summed E-state index contributed by atoms with van der Waals surface area (Å²) >= 11 is 1.49. The van der Waals surface area contributed by atoms with Gasteiger partial charge in [-0.05, 0) is 79.5 Å². The molecule has 0 aliphatic heterocycles. The first-order valence-corrected chi connectivity index (χ1v) is 14.4. The summed E-state index contributed by atoms with van der Waals surface area (Å²) in [4.78, 5) is 32.4. The van der Waals surface area contributed by atoms with Crippen LogP contribution in [0.2, 0.25) is 0 Å².